The topological polar surface area (TPSA) is 117 Å². The standard InChI is InChI=1S/C21H19BrN4O5/c1-3-4-5-20-24-17-8-7-15(22)11-16(17)21(28)25(20)23-12-14-6-9-19(31-13(2)27)18(10-14)26(29)30/h6-12H,3-5H2,1-2H3. The summed E-state index contributed by atoms with van der Waals surface area (Å²) in [6, 6.07) is 9.31. The van der Waals surface area contributed by atoms with Crippen molar-refractivity contribution >= 4 is 44.7 Å². The molecule has 0 aliphatic heterocycles. The molecule has 0 amide bonds. The number of hydrogen-bond donors (Lipinski definition) is 0. The van der Waals surface area contributed by atoms with Crippen LogP contribution in [-0.2, 0) is 11.2 Å². The van der Waals surface area contributed by atoms with Gasteiger partial charge in [-0.3, -0.25) is 19.7 Å². The van der Waals surface area contributed by atoms with Crippen molar-refractivity contribution < 1.29 is 14.5 Å². The van der Waals surface area contributed by atoms with E-state index in [1.807, 2.05) is 13.0 Å². The van der Waals surface area contributed by atoms with Crippen molar-refractivity contribution in [1.29, 1.82) is 0 Å². The fourth-order valence-corrected chi connectivity index (χ4v) is 3.29. The minimum absolute atomic E-state index is 0.160. The van der Waals surface area contributed by atoms with Crippen LogP contribution in [0.5, 0.6) is 5.75 Å². The number of carbonyl (C=O) groups excluding carboxylic acids is 1. The summed E-state index contributed by atoms with van der Waals surface area (Å²) in [7, 11) is 0. The van der Waals surface area contributed by atoms with Gasteiger partial charge in [0.05, 0.1) is 22.0 Å². The molecule has 3 aromatic rings. The van der Waals surface area contributed by atoms with Crippen LogP contribution in [0.3, 0.4) is 0 Å². The zero-order valence-corrected chi connectivity index (χ0v) is 18.5. The molecular formula is C21H19BrN4O5. The lowest BCUT2D eigenvalue weighted by Gasteiger charge is -2.09. The number of rotatable bonds is 7. The number of aryl methyl sites for hydroxylation is 1. The number of esters is 1. The molecule has 0 bridgehead atoms. The first kappa shape index (κ1) is 22.3. The molecule has 1 heterocycles. The van der Waals surface area contributed by atoms with E-state index < -0.39 is 10.9 Å². The van der Waals surface area contributed by atoms with Crippen LogP contribution < -0.4 is 10.3 Å². The summed E-state index contributed by atoms with van der Waals surface area (Å²) >= 11 is 3.36. The van der Waals surface area contributed by atoms with Crippen LogP contribution in [-0.4, -0.2) is 26.8 Å². The van der Waals surface area contributed by atoms with Crippen LogP contribution >= 0.6 is 15.9 Å². The summed E-state index contributed by atoms with van der Waals surface area (Å²) in [6.07, 6.45) is 3.64. The quantitative estimate of drug-likeness (QED) is 0.162. The smallest absolute Gasteiger partial charge is 0.312 e. The van der Waals surface area contributed by atoms with Crippen LogP contribution in [0.25, 0.3) is 10.9 Å². The molecule has 9 nitrogen and oxygen atoms in total. The number of benzene rings is 2. The first-order valence-corrected chi connectivity index (χ1v) is 10.3. The number of carbonyl (C=O) groups is 1. The molecule has 0 N–H and O–H groups in total. The number of nitrogens with zero attached hydrogens (tertiary/aromatic N) is 4. The van der Waals surface area contributed by atoms with Crippen molar-refractivity contribution in [3.8, 4) is 5.75 Å². The summed E-state index contributed by atoms with van der Waals surface area (Å²) in [5.41, 5.74) is 0.232. The lowest BCUT2D eigenvalue weighted by atomic mass is 10.2. The van der Waals surface area contributed by atoms with E-state index in [0.29, 0.717) is 28.7 Å². The van der Waals surface area contributed by atoms with Crippen LogP contribution in [0.1, 0.15) is 38.1 Å². The average Bonchev–Trinajstić information content (AvgIpc) is 2.72. The molecule has 0 saturated heterocycles. The molecule has 0 fully saturated rings. The van der Waals surface area contributed by atoms with Gasteiger partial charge in [-0.05, 0) is 36.8 Å². The van der Waals surface area contributed by atoms with Gasteiger partial charge in [0, 0.05) is 29.4 Å². The molecule has 3 rings (SSSR count). The Labute approximate surface area is 185 Å². The number of unbranched alkanes of at least 4 members (excludes halogenated alkanes) is 1. The number of aromatic nitrogens is 2. The summed E-state index contributed by atoms with van der Waals surface area (Å²) in [4.78, 5) is 39.5. The minimum atomic E-state index is -0.662. The third-order valence-electron chi connectivity index (χ3n) is 4.38. The molecule has 0 unspecified atom stereocenters. The normalized spacial score (nSPS) is 11.2. The van der Waals surface area contributed by atoms with E-state index in [0.717, 1.165) is 24.2 Å². The molecule has 0 atom stereocenters. The second-order valence-corrected chi connectivity index (χ2v) is 7.65. The Balaban J connectivity index is 2.08. The lowest BCUT2D eigenvalue weighted by Crippen LogP contribution is -2.22. The third-order valence-corrected chi connectivity index (χ3v) is 4.88. The molecule has 1 aromatic heterocycles. The summed E-state index contributed by atoms with van der Waals surface area (Å²) in [5.74, 6) is -0.318. The maximum atomic E-state index is 13.1. The number of nitro groups is 1. The monoisotopic (exact) mass is 486 g/mol. The maximum absolute atomic E-state index is 13.1. The van der Waals surface area contributed by atoms with Crippen molar-refractivity contribution in [2.24, 2.45) is 5.10 Å². The van der Waals surface area contributed by atoms with Gasteiger partial charge in [-0.25, -0.2) is 4.98 Å². The summed E-state index contributed by atoms with van der Waals surface area (Å²) in [6.45, 7) is 3.20. The second kappa shape index (κ2) is 9.61. The zero-order valence-electron chi connectivity index (χ0n) is 16.9. The Kier molecular flexibility index (Phi) is 6.91. The lowest BCUT2D eigenvalue weighted by molar-refractivity contribution is -0.385. The number of ether oxygens (including phenoxy) is 1. The van der Waals surface area contributed by atoms with Gasteiger partial charge in [0.15, 0.2) is 0 Å². The van der Waals surface area contributed by atoms with Gasteiger partial charge in [0.25, 0.3) is 5.56 Å². The first-order chi connectivity index (χ1) is 14.8. The molecular weight excluding hydrogens is 468 g/mol. The molecule has 0 aliphatic carbocycles. The van der Waals surface area contributed by atoms with E-state index in [2.05, 4.69) is 26.0 Å². The Morgan fingerprint density at radius 2 is 2.10 bits per heavy atom. The highest BCUT2D eigenvalue weighted by atomic mass is 79.9. The highest BCUT2D eigenvalue weighted by Crippen LogP contribution is 2.27. The Hall–Kier alpha value is -3.40. The maximum Gasteiger partial charge on any atom is 0.312 e. The molecule has 10 heteroatoms. The summed E-state index contributed by atoms with van der Waals surface area (Å²) in [5, 5.41) is 16.0. The fraction of sp³-hybridized carbons (Fsp3) is 0.238. The number of hydrogen-bond acceptors (Lipinski definition) is 7. The van der Waals surface area contributed by atoms with E-state index in [1.54, 1.807) is 12.1 Å². The van der Waals surface area contributed by atoms with Crippen molar-refractivity contribution in [2.45, 2.75) is 33.1 Å². The van der Waals surface area contributed by atoms with Crippen molar-refractivity contribution in [1.82, 2.24) is 9.66 Å². The van der Waals surface area contributed by atoms with Crippen molar-refractivity contribution in [3.05, 3.63) is 72.7 Å². The number of nitro benzene ring substituents is 1. The van der Waals surface area contributed by atoms with Gasteiger partial charge < -0.3 is 4.74 Å². The van der Waals surface area contributed by atoms with Crippen LogP contribution in [0.15, 0.2) is 50.8 Å². The Morgan fingerprint density at radius 1 is 1.32 bits per heavy atom. The van der Waals surface area contributed by atoms with Gasteiger partial charge in [0.1, 0.15) is 5.82 Å². The van der Waals surface area contributed by atoms with Crippen LogP contribution in [0.2, 0.25) is 0 Å². The zero-order chi connectivity index (χ0) is 22.5. The highest BCUT2D eigenvalue weighted by molar-refractivity contribution is 9.10. The van der Waals surface area contributed by atoms with E-state index in [4.69, 9.17) is 4.74 Å². The molecule has 2 aromatic carbocycles. The third kappa shape index (κ3) is 5.21. The van der Waals surface area contributed by atoms with E-state index in [9.17, 15) is 19.7 Å². The van der Waals surface area contributed by atoms with Crippen molar-refractivity contribution in [2.75, 3.05) is 0 Å². The van der Waals surface area contributed by atoms with Crippen LogP contribution in [0.4, 0.5) is 5.69 Å². The SMILES string of the molecule is CCCCc1nc2ccc(Br)cc2c(=O)n1N=Cc1ccc(OC(C)=O)c([N+](=O)[O-])c1. The molecule has 0 spiro atoms. The van der Waals surface area contributed by atoms with E-state index in [-0.39, 0.29) is 17.0 Å². The second-order valence-electron chi connectivity index (χ2n) is 6.73. The molecule has 0 saturated carbocycles. The average molecular weight is 487 g/mol. The number of halogens is 1. The van der Waals surface area contributed by atoms with Crippen molar-refractivity contribution in [3.63, 3.8) is 0 Å². The highest BCUT2D eigenvalue weighted by Gasteiger charge is 2.17. The predicted molar refractivity (Wildman–Crippen MR) is 120 cm³/mol. The molecule has 160 valence electrons. The van der Waals surface area contributed by atoms with Crippen LogP contribution in [0, 0.1) is 10.1 Å². The van der Waals surface area contributed by atoms with Gasteiger partial charge in [-0.15, -0.1) is 0 Å². The minimum Gasteiger partial charge on any atom is -0.419 e. The van der Waals surface area contributed by atoms with E-state index in [1.165, 1.54) is 29.1 Å². The first-order valence-electron chi connectivity index (χ1n) is 9.52. The molecule has 0 radical (unpaired) electrons. The summed E-state index contributed by atoms with van der Waals surface area (Å²) < 4.78 is 6.83. The predicted octanol–water partition coefficient (Wildman–Crippen LogP) is 4.22. The van der Waals surface area contributed by atoms with Gasteiger partial charge in [0.2, 0.25) is 5.75 Å². The fourth-order valence-electron chi connectivity index (χ4n) is 2.93. The Morgan fingerprint density at radius 3 is 2.77 bits per heavy atom. The molecule has 31 heavy (non-hydrogen) atoms. The Bertz CT molecular complexity index is 1250. The van der Waals surface area contributed by atoms with Gasteiger partial charge in [-0.1, -0.05) is 29.3 Å². The van der Waals surface area contributed by atoms with Gasteiger partial charge >= 0.3 is 11.7 Å². The largest absolute Gasteiger partial charge is 0.419 e. The number of fused-ring (bicyclic) bond motifs is 1. The van der Waals surface area contributed by atoms with Gasteiger partial charge in [-0.2, -0.15) is 9.78 Å². The van der Waals surface area contributed by atoms with E-state index >= 15 is 0 Å². The molecule has 0 aliphatic rings.